The Hall–Kier alpha value is -1.33. The highest BCUT2D eigenvalue weighted by molar-refractivity contribution is 9.10. The van der Waals surface area contributed by atoms with Crippen LogP contribution in [0.2, 0.25) is 5.02 Å². The standard InChI is InChI=1S/C12H12BrClN4/c1-6-11(14)7(2)18(17-6)10-4-3-8(12(15)16)5-9(10)13/h3-5H,1-2H3,(H3,15,16). The number of halogens is 2. The van der Waals surface area contributed by atoms with Gasteiger partial charge in [0.15, 0.2) is 0 Å². The zero-order chi connectivity index (χ0) is 13.4. The molecular formula is C12H12BrClN4. The number of nitrogens with one attached hydrogen (secondary N) is 1. The Morgan fingerprint density at radius 2 is 2.11 bits per heavy atom. The maximum atomic E-state index is 7.40. The number of nitrogens with two attached hydrogens (primary N) is 1. The largest absolute Gasteiger partial charge is 0.384 e. The van der Waals surface area contributed by atoms with E-state index in [2.05, 4.69) is 21.0 Å². The van der Waals surface area contributed by atoms with E-state index in [9.17, 15) is 0 Å². The Balaban J connectivity index is 2.58. The van der Waals surface area contributed by atoms with E-state index >= 15 is 0 Å². The van der Waals surface area contributed by atoms with E-state index in [4.69, 9.17) is 22.7 Å². The molecule has 1 heterocycles. The zero-order valence-electron chi connectivity index (χ0n) is 9.96. The molecule has 0 unspecified atom stereocenters. The summed E-state index contributed by atoms with van der Waals surface area (Å²) in [6, 6.07) is 5.44. The molecule has 0 saturated carbocycles. The van der Waals surface area contributed by atoms with Crippen molar-refractivity contribution in [2.75, 3.05) is 0 Å². The van der Waals surface area contributed by atoms with Crippen LogP contribution in [-0.4, -0.2) is 15.6 Å². The van der Waals surface area contributed by atoms with Gasteiger partial charge in [0.05, 0.1) is 22.1 Å². The fourth-order valence-electron chi connectivity index (χ4n) is 1.70. The third-order valence-corrected chi connectivity index (χ3v) is 3.87. The van der Waals surface area contributed by atoms with Crippen molar-refractivity contribution in [3.8, 4) is 5.69 Å². The summed E-state index contributed by atoms with van der Waals surface area (Å²) in [7, 11) is 0. The second-order valence-corrected chi connectivity index (χ2v) is 5.21. The Bertz CT molecular complexity index is 633. The van der Waals surface area contributed by atoms with Crippen LogP contribution in [0.25, 0.3) is 5.69 Å². The van der Waals surface area contributed by atoms with Crippen LogP contribution in [0, 0.1) is 19.3 Å². The predicted molar refractivity (Wildman–Crippen MR) is 76.8 cm³/mol. The fraction of sp³-hybridized carbons (Fsp3) is 0.167. The highest BCUT2D eigenvalue weighted by Gasteiger charge is 2.13. The Morgan fingerprint density at radius 3 is 2.56 bits per heavy atom. The molecule has 2 aromatic rings. The second-order valence-electron chi connectivity index (χ2n) is 3.98. The summed E-state index contributed by atoms with van der Waals surface area (Å²) in [4.78, 5) is 0. The van der Waals surface area contributed by atoms with Crippen LogP contribution in [0.3, 0.4) is 0 Å². The quantitative estimate of drug-likeness (QED) is 0.657. The average Bonchev–Trinajstić information content (AvgIpc) is 2.57. The molecule has 6 heteroatoms. The zero-order valence-corrected chi connectivity index (χ0v) is 12.3. The van der Waals surface area contributed by atoms with Gasteiger partial charge in [-0.25, -0.2) is 4.68 Å². The summed E-state index contributed by atoms with van der Waals surface area (Å²) >= 11 is 9.59. The normalized spacial score (nSPS) is 10.7. The summed E-state index contributed by atoms with van der Waals surface area (Å²) in [6.45, 7) is 3.78. The summed E-state index contributed by atoms with van der Waals surface area (Å²) < 4.78 is 2.59. The fourth-order valence-corrected chi connectivity index (χ4v) is 2.37. The molecule has 4 nitrogen and oxygen atoms in total. The number of aryl methyl sites for hydroxylation is 1. The van der Waals surface area contributed by atoms with E-state index in [0.717, 1.165) is 21.5 Å². The van der Waals surface area contributed by atoms with E-state index in [1.54, 1.807) is 16.8 Å². The first-order valence-corrected chi connectivity index (χ1v) is 6.45. The first-order valence-electron chi connectivity index (χ1n) is 5.28. The number of nitrogens with zero attached hydrogens (tertiary/aromatic N) is 2. The van der Waals surface area contributed by atoms with Crippen molar-refractivity contribution in [2.45, 2.75) is 13.8 Å². The molecule has 0 fully saturated rings. The topological polar surface area (TPSA) is 67.7 Å². The van der Waals surface area contributed by atoms with E-state index in [-0.39, 0.29) is 5.84 Å². The van der Waals surface area contributed by atoms with Gasteiger partial charge in [0.25, 0.3) is 0 Å². The summed E-state index contributed by atoms with van der Waals surface area (Å²) in [5.74, 6) is 0.0358. The molecule has 0 saturated heterocycles. The van der Waals surface area contributed by atoms with E-state index in [1.807, 2.05) is 19.9 Å². The molecule has 0 amide bonds. The van der Waals surface area contributed by atoms with Gasteiger partial charge in [0.1, 0.15) is 5.84 Å². The minimum absolute atomic E-state index is 0.0358. The highest BCUT2D eigenvalue weighted by Crippen LogP contribution is 2.27. The third-order valence-electron chi connectivity index (χ3n) is 2.69. The monoisotopic (exact) mass is 326 g/mol. The Morgan fingerprint density at radius 1 is 1.44 bits per heavy atom. The summed E-state index contributed by atoms with van der Waals surface area (Å²) in [5.41, 5.74) is 8.65. The number of hydrogen-bond acceptors (Lipinski definition) is 2. The van der Waals surface area contributed by atoms with Crippen LogP contribution >= 0.6 is 27.5 Å². The van der Waals surface area contributed by atoms with Gasteiger partial charge in [0, 0.05) is 10.0 Å². The van der Waals surface area contributed by atoms with Gasteiger partial charge in [-0.15, -0.1) is 0 Å². The molecule has 18 heavy (non-hydrogen) atoms. The summed E-state index contributed by atoms with van der Waals surface area (Å²) in [5, 5.41) is 12.5. The van der Waals surface area contributed by atoms with Crippen LogP contribution in [-0.2, 0) is 0 Å². The van der Waals surface area contributed by atoms with Crippen LogP contribution in [0.4, 0.5) is 0 Å². The number of aromatic nitrogens is 2. The lowest BCUT2D eigenvalue weighted by Gasteiger charge is -2.08. The molecular weight excluding hydrogens is 316 g/mol. The molecule has 3 N–H and O–H groups in total. The lowest BCUT2D eigenvalue weighted by Crippen LogP contribution is -2.11. The summed E-state index contributed by atoms with van der Waals surface area (Å²) in [6.07, 6.45) is 0. The van der Waals surface area contributed by atoms with E-state index in [1.165, 1.54) is 0 Å². The average molecular weight is 328 g/mol. The second kappa shape index (κ2) is 4.74. The first kappa shape index (κ1) is 13.1. The van der Waals surface area contributed by atoms with Gasteiger partial charge >= 0.3 is 0 Å². The molecule has 0 atom stereocenters. The van der Waals surface area contributed by atoms with E-state index in [0.29, 0.717) is 10.6 Å². The molecule has 0 spiro atoms. The lowest BCUT2D eigenvalue weighted by atomic mass is 10.2. The van der Waals surface area contributed by atoms with Crippen LogP contribution in [0.1, 0.15) is 17.0 Å². The Kier molecular flexibility index (Phi) is 3.45. The number of hydrogen-bond donors (Lipinski definition) is 2. The van der Waals surface area contributed by atoms with Crippen molar-refractivity contribution in [3.63, 3.8) is 0 Å². The maximum absolute atomic E-state index is 7.40. The van der Waals surface area contributed by atoms with Crippen molar-refractivity contribution in [1.82, 2.24) is 9.78 Å². The van der Waals surface area contributed by atoms with Gasteiger partial charge in [-0.05, 0) is 48.0 Å². The number of nitrogen functional groups attached to an aromatic ring is 1. The smallest absolute Gasteiger partial charge is 0.122 e. The van der Waals surface area contributed by atoms with Crippen LogP contribution in [0.15, 0.2) is 22.7 Å². The van der Waals surface area contributed by atoms with Gasteiger partial charge in [0.2, 0.25) is 0 Å². The third kappa shape index (κ3) is 2.15. The number of amidine groups is 1. The van der Waals surface area contributed by atoms with Crippen molar-refractivity contribution in [2.24, 2.45) is 5.73 Å². The molecule has 1 aromatic carbocycles. The van der Waals surface area contributed by atoms with Gasteiger partial charge < -0.3 is 5.73 Å². The molecule has 0 aliphatic heterocycles. The SMILES string of the molecule is Cc1nn(-c2ccc(C(=N)N)cc2Br)c(C)c1Cl. The predicted octanol–water partition coefficient (Wildman–Crippen LogP) is 3.19. The molecule has 0 bridgehead atoms. The van der Waals surface area contributed by atoms with E-state index < -0.39 is 0 Å². The molecule has 1 aromatic heterocycles. The minimum atomic E-state index is 0.0358. The molecule has 94 valence electrons. The van der Waals surface area contributed by atoms with Crippen molar-refractivity contribution >= 4 is 33.4 Å². The van der Waals surface area contributed by atoms with Crippen molar-refractivity contribution in [1.29, 1.82) is 5.41 Å². The lowest BCUT2D eigenvalue weighted by molar-refractivity contribution is 0.830. The molecule has 0 aliphatic carbocycles. The molecule has 2 rings (SSSR count). The highest BCUT2D eigenvalue weighted by atomic mass is 79.9. The minimum Gasteiger partial charge on any atom is -0.384 e. The molecule has 0 aliphatic rings. The first-order chi connectivity index (χ1) is 8.41. The molecule has 0 radical (unpaired) electrons. The van der Waals surface area contributed by atoms with Crippen LogP contribution < -0.4 is 5.73 Å². The van der Waals surface area contributed by atoms with Crippen molar-refractivity contribution < 1.29 is 0 Å². The number of benzene rings is 1. The van der Waals surface area contributed by atoms with Gasteiger partial charge in [-0.2, -0.15) is 5.10 Å². The maximum Gasteiger partial charge on any atom is 0.122 e. The van der Waals surface area contributed by atoms with Gasteiger partial charge in [-0.3, -0.25) is 5.41 Å². The Labute approximate surface area is 118 Å². The number of rotatable bonds is 2. The van der Waals surface area contributed by atoms with Crippen LogP contribution in [0.5, 0.6) is 0 Å². The van der Waals surface area contributed by atoms with Gasteiger partial charge in [-0.1, -0.05) is 11.6 Å². The van der Waals surface area contributed by atoms with Crippen molar-refractivity contribution in [3.05, 3.63) is 44.6 Å².